The first-order valence-corrected chi connectivity index (χ1v) is 7.37. The number of rotatable bonds is 2. The Bertz CT molecular complexity index is 588. The summed E-state index contributed by atoms with van der Waals surface area (Å²) in [5.74, 6) is -3.13. The molecule has 1 fully saturated rings. The molecule has 122 valence electrons. The molecular weight excluding hydrogens is 290 g/mol. The number of halogens is 2. The number of aryl methyl sites for hydroxylation is 1. The highest BCUT2D eigenvalue weighted by molar-refractivity contribution is 5.99. The van der Waals surface area contributed by atoms with E-state index in [1.165, 1.54) is 7.11 Å². The van der Waals surface area contributed by atoms with Gasteiger partial charge in [0.1, 0.15) is 0 Å². The highest BCUT2D eigenvalue weighted by atomic mass is 19.3. The van der Waals surface area contributed by atoms with Crippen molar-refractivity contribution >= 4 is 17.3 Å². The average Bonchev–Trinajstić information content (AvgIpc) is 2.64. The number of hydrogen-bond acceptors (Lipinski definition) is 4. The molecule has 2 N–H and O–H groups in total. The maximum absolute atomic E-state index is 13.6. The van der Waals surface area contributed by atoms with Crippen LogP contribution >= 0.6 is 0 Å². The van der Waals surface area contributed by atoms with Crippen molar-refractivity contribution in [2.45, 2.75) is 39.0 Å². The van der Waals surface area contributed by atoms with Gasteiger partial charge in [0.25, 0.3) is 0 Å². The van der Waals surface area contributed by atoms with Crippen molar-refractivity contribution in [2.24, 2.45) is 0 Å². The lowest BCUT2D eigenvalue weighted by Gasteiger charge is -2.27. The van der Waals surface area contributed by atoms with Gasteiger partial charge in [-0.1, -0.05) is 0 Å². The van der Waals surface area contributed by atoms with Gasteiger partial charge < -0.3 is 15.4 Å². The van der Waals surface area contributed by atoms with Gasteiger partial charge >= 0.3 is 5.97 Å². The largest absolute Gasteiger partial charge is 0.465 e. The standard InChI is InChI=1S/C16H22F2N2O2/c1-10-9-12(13(15(21)22-3)11(2)14(10)19)20-7-4-5-16(17,18)6-8-20/h9H,4-8,19H2,1-3H3. The molecule has 0 atom stereocenters. The fourth-order valence-corrected chi connectivity index (χ4v) is 2.89. The van der Waals surface area contributed by atoms with Crippen molar-refractivity contribution in [2.75, 3.05) is 30.8 Å². The summed E-state index contributed by atoms with van der Waals surface area (Å²) in [4.78, 5) is 14.0. The number of alkyl halides is 2. The van der Waals surface area contributed by atoms with Crippen LogP contribution in [0.5, 0.6) is 0 Å². The first-order valence-electron chi connectivity index (χ1n) is 7.37. The van der Waals surface area contributed by atoms with Gasteiger partial charge in [-0.2, -0.15) is 0 Å². The molecule has 6 heteroatoms. The van der Waals surface area contributed by atoms with Gasteiger partial charge in [0, 0.05) is 31.6 Å². The van der Waals surface area contributed by atoms with Crippen molar-refractivity contribution < 1.29 is 18.3 Å². The van der Waals surface area contributed by atoms with Crippen molar-refractivity contribution in [1.29, 1.82) is 0 Å². The molecule has 1 aliphatic rings. The lowest BCUT2D eigenvalue weighted by atomic mass is 9.99. The molecule has 1 saturated heterocycles. The maximum atomic E-state index is 13.6. The van der Waals surface area contributed by atoms with Crippen LogP contribution in [-0.4, -0.2) is 32.1 Å². The zero-order valence-electron chi connectivity index (χ0n) is 13.2. The molecule has 1 aromatic carbocycles. The second-order valence-corrected chi connectivity index (χ2v) is 5.81. The molecule has 4 nitrogen and oxygen atoms in total. The Morgan fingerprint density at radius 3 is 2.64 bits per heavy atom. The molecule has 0 spiro atoms. The number of benzene rings is 1. The van der Waals surface area contributed by atoms with E-state index in [2.05, 4.69) is 0 Å². The highest BCUT2D eigenvalue weighted by Gasteiger charge is 2.33. The molecule has 2 rings (SSSR count). The van der Waals surface area contributed by atoms with Crippen LogP contribution in [0, 0.1) is 13.8 Å². The van der Waals surface area contributed by atoms with Crippen LogP contribution in [0.4, 0.5) is 20.2 Å². The van der Waals surface area contributed by atoms with Crippen molar-refractivity contribution in [3.8, 4) is 0 Å². The van der Waals surface area contributed by atoms with E-state index in [0.717, 1.165) is 5.56 Å². The molecule has 0 aliphatic carbocycles. The van der Waals surface area contributed by atoms with Crippen LogP contribution < -0.4 is 10.6 Å². The van der Waals surface area contributed by atoms with Crippen LogP contribution in [0.3, 0.4) is 0 Å². The van der Waals surface area contributed by atoms with Gasteiger partial charge in [-0.25, -0.2) is 13.6 Å². The van der Waals surface area contributed by atoms with Crippen molar-refractivity contribution in [3.63, 3.8) is 0 Å². The molecule has 0 aromatic heterocycles. The number of nitrogens with two attached hydrogens (primary N) is 1. The van der Waals surface area contributed by atoms with Crippen molar-refractivity contribution in [3.05, 3.63) is 22.8 Å². The summed E-state index contributed by atoms with van der Waals surface area (Å²) in [6.07, 6.45) is 0.0517. The maximum Gasteiger partial charge on any atom is 0.340 e. The van der Waals surface area contributed by atoms with Crippen LogP contribution in [0.25, 0.3) is 0 Å². The van der Waals surface area contributed by atoms with Gasteiger partial charge in [-0.15, -0.1) is 0 Å². The Morgan fingerprint density at radius 2 is 2.00 bits per heavy atom. The number of esters is 1. The van der Waals surface area contributed by atoms with E-state index in [-0.39, 0.29) is 19.4 Å². The molecule has 0 radical (unpaired) electrons. The quantitative estimate of drug-likeness (QED) is 0.672. The lowest BCUT2D eigenvalue weighted by Crippen LogP contribution is -2.28. The van der Waals surface area contributed by atoms with E-state index in [1.54, 1.807) is 13.0 Å². The molecule has 0 bridgehead atoms. The number of carbonyl (C=O) groups is 1. The molecule has 22 heavy (non-hydrogen) atoms. The predicted molar refractivity (Wildman–Crippen MR) is 82.7 cm³/mol. The van der Waals surface area contributed by atoms with Gasteiger partial charge in [0.05, 0.1) is 18.4 Å². The predicted octanol–water partition coefficient (Wildman–Crippen LogP) is 3.30. The summed E-state index contributed by atoms with van der Waals surface area (Å²) >= 11 is 0. The minimum absolute atomic E-state index is 0.121. The smallest absolute Gasteiger partial charge is 0.340 e. The van der Waals surface area contributed by atoms with Gasteiger partial charge in [0.15, 0.2) is 0 Å². The van der Waals surface area contributed by atoms with E-state index in [0.29, 0.717) is 35.5 Å². The van der Waals surface area contributed by atoms with Crippen LogP contribution in [0.2, 0.25) is 0 Å². The molecule has 0 unspecified atom stereocenters. The summed E-state index contributed by atoms with van der Waals surface area (Å²) in [7, 11) is 1.30. The van der Waals surface area contributed by atoms with E-state index in [4.69, 9.17) is 10.5 Å². The molecule has 1 aliphatic heterocycles. The Balaban J connectivity index is 2.47. The van der Waals surface area contributed by atoms with E-state index in [1.807, 2.05) is 11.8 Å². The minimum atomic E-state index is -2.64. The van der Waals surface area contributed by atoms with Crippen molar-refractivity contribution in [1.82, 2.24) is 0 Å². The topological polar surface area (TPSA) is 55.6 Å². The summed E-state index contributed by atoms with van der Waals surface area (Å²) in [5.41, 5.74) is 9.00. The highest BCUT2D eigenvalue weighted by Crippen LogP contribution is 2.35. The lowest BCUT2D eigenvalue weighted by molar-refractivity contribution is -0.0102. The zero-order valence-corrected chi connectivity index (χ0v) is 13.2. The Labute approximate surface area is 129 Å². The SMILES string of the molecule is COC(=O)c1c(N2CCCC(F)(F)CC2)cc(C)c(N)c1C. The fourth-order valence-electron chi connectivity index (χ4n) is 2.89. The fraction of sp³-hybridized carbons (Fsp3) is 0.562. The van der Waals surface area contributed by atoms with Gasteiger partial charge in [0.2, 0.25) is 5.92 Å². The first kappa shape index (κ1) is 16.5. The molecule has 1 heterocycles. The number of anilines is 2. The third-order valence-electron chi connectivity index (χ3n) is 4.26. The summed E-state index contributed by atoms with van der Waals surface area (Å²) in [6, 6.07) is 1.79. The second kappa shape index (κ2) is 6.10. The second-order valence-electron chi connectivity index (χ2n) is 5.81. The number of methoxy groups -OCH3 is 1. The Morgan fingerprint density at radius 1 is 1.32 bits per heavy atom. The van der Waals surface area contributed by atoms with E-state index >= 15 is 0 Å². The number of nitrogen functional groups attached to an aromatic ring is 1. The Hall–Kier alpha value is -1.85. The van der Waals surface area contributed by atoms with Gasteiger partial charge in [-0.05, 0) is 37.5 Å². The molecule has 0 amide bonds. The van der Waals surface area contributed by atoms with Crippen LogP contribution in [0.15, 0.2) is 6.07 Å². The third-order valence-corrected chi connectivity index (χ3v) is 4.26. The number of carbonyl (C=O) groups excluding carboxylic acids is 1. The number of ether oxygens (including phenoxy) is 1. The van der Waals surface area contributed by atoms with E-state index in [9.17, 15) is 13.6 Å². The normalized spacial score (nSPS) is 18.0. The average molecular weight is 312 g/mol. The summed E-state index contributed by atoms with van der Waals surface area (Å²) < 4.78 is 32.0. The molecule has 0 saturated carbocycles. The summed E-state index contributed by atoms with van der Waals surface area (Å²) in [6.45, 7) is 4.30. The summed E-state index contributed by atoms with van der Waals surface area (Å²) in [5, 5.41) is 0. The number of hydrogen-bond donors (Lipinski definition) is 1. The monoisotopic (exact) mass is 312 g/mol. The van der Waals surface area contributed by atoms with Crippen LogP contribution in [0.1, 0.15) is 40.7 Å². The third kappa shape index (κ3) is 3.15. The zero-order chi connectivity index (χ0) is 16.5. The molecular formula is C16H22F2N2O2. The van der Waals surface area contributed by atoms with Crippen LogP contribution in [-0.2, 0) is 4.74 Å². The van der Waals surface area contributed by atoms with E-state index < -0.39 is 11.9 Å². The molecule has 1 aromatic rings. The number of nitrogens with zero attached hydrogens (tertiary/aromatic N) is 1. The van der Waals surface area contributed by atoms with Gasteiger partial charge in [-0.3, -0.25) is 0 Å². The first-order chi connectivity index (χ1) is 10.3. The minimum Gasteiger partial charge on any atom is -0.465 e. The Kier molecular flexibility index (Phi) is 4.58.